The van der Waals surface area contributed by atoms with Crippen molar-refractivity contribution >= 4 is 45.3 Å². The van der Waals surface area contributed by atoms with Crippen LogP contribution in [-0.4, -0.2) is 67.5 Å². The standard InChI is InChI=1S/C30H33ClN2O9S/c1-30(2,3)42-29(38)33(18-26(34)20-6-5-7-21(31)16-20)15-14-19-8-10-22(11-9-19)43(39,40)23-12-13-25(32-28(37)41-4)24(17-23)27(35)36/h5-13,16-17,26,34H,14-15,18H2,1-4H3,(H,32,37)(H,35,36)/t26-/m1/s1. The number of aromatic carboxylic acids is 1. The highest BCUT2D eigenvalue weighted by Gasteiger charge is 2.25. The molecular formula is C30H33ClN2O9S. The predicted octanol–water partition coefficient (Wildman–Crippen LogP) is 5.56. The molecule has 0 saturated carbocycles. The Hall–Kier alpha value is -4.13. The van der Waals surface area contributed by atoms with Crippen LogP contribution in [0.5, 0.6) is 0 Å². The number of carbonyl (C=O) groups excluding carboxylic acids is 2. The van der Waals surface area contributed by atoms with Crippen molar-refractivity contribution < 1.29 is 42.5 Å². The Morgan fingerprint density at radius 1 is 1.00 bits per heavy atom. The third-order valence-electron chi connectivity index (χ3n) is 6.14. The lowest BCUT2D eigenvalue weighted by molar-refractivity contribution is 0.0147. The molecule has 0 radical (unpaired) electrons. The van der Waals surface area contributed by atoms with E-state index in [2.05, 4.69) is 10.1 Å². The van der Waals surface area contributed by atoms with Crippen LogP contribution in [0.25, 0.3) is 0 Å². The van der Waals surface area contributed by atoms with Gasteiger partial charge in [-0.15, -0.1) is 0 Å². The van der Waals surface area contributed by atoms with Crippen LogP contribution in [0.1, 0.15) is 48.4 Å². The third-order valence-corrected chi connectivity index (χ3v) is 8.14. The lowest BCUT2D eigenvalue weighted by Crippen LogP contribution is -2.40. The van der Waals surface area contributed by atoms with Gasteiger partial charge in [0.2, 0.25) is 9.84 Å². The van der Waals surface area contributed by atoms with Crippen LogP contribution < -0.4 is 5.32 Å². The lowest BCUT2D eigenvalue weighted by atomic mass is 10.1. The summed E-state index contributed by atoms with van der Waals surface area (Å²) in [6.07, 6.45) is -2.23. The number of carboxylic acid groups (broad SMARTS) is 1. The molecule has 3 aromatic rings. The first kappa shape index (κ1) is 33.4. The molecule has 0 unspecified atom stereocenters. The first-order chi connectivity index (χ1) is 20.1. The molecule has 0 aliphatic rings. The zero-order valence-electron chi connectivity index (χ0n) is 24.0. The monoisotopic (exact) mass is 632 g/mol. The maximum absolute atomic E-state index is 13.3. The van der Waals surface area contributed by atoms with Crippen molar-refractivity contribution in [3.8, 4) is 0 Å². The first-order valence-electron chi connectivity index (χ1n) is 13.1. The summed E-state index contributed by atoms with van der Waals surface area (Å²) in [7, 11) is -3.00. The van der Waals surface area contributed by atoms with E-state index in [1.807, 2.05) is 0 Å². The summed E-state index contributed by atoms with van der Waals surface area (Å²) < 4.78 is 36.5. The van der Waals surface area contributed by atoms with E-state index < -0.39 is 45.3 Å². The second-order valence-corrected chi connectivity index (χ2v) is 12.9. The minimum atomic E-state index is -4.11. The van der Waals surface area contributed by atoms with Crippen molar-refractivity contribution in [2.24, 2.45) is 0 Å². The molecule has 0 aliphatic heterocycles. The van der Waals surface area contributed by atoms with E-state index in [0.717, 1.165) is 13.2 Å². The highest BCUT2D eigenvalue weighted by Crippen LogP contribution is 2.27. The van der Waals surface area contributed by atoms with Gasteiger partial charge in [0.15, 0.2) is 0 Å². The van der Waals surface area contributed by atoms with Crippen molar-refractivity contribution in [3.63, 3.8) is 0 Å². The molecule has 13 heteroatoms. The van der Waals surface area contributed by atoms with Gasteiger partial charge in [0.05, 0.1) is 40.8 Å². The number of aliphatic hydroxyl groups is 1. The van der Waals surface area contributed by atoms with Gasteiger partial charge in [0, 0.05) is 11.6 Å². The topological polar surface area (TPSA) is 160 Å². The molecule has 230 valence electrons. The Balaban J connectivity index is 1.79. The maximum Gasteiger partial charge on any atom is 0.411 e. The maximum atomic E-state index is 13.3. The summed E-state index contributed by atoms with van der Waals surface area (Å²) in [5.41, 5.74) is -0.0706. The van der Waals surface area contributed by atoms with Crippen molar-refractivity contribution in [1.82, 2.24) is 4.90 Å². The van der Waals surface area contributed by atoms with E-state index in [9.17, 15) is 33.0 Å². The molecule has 43 heavy (non-hydrogen) atoms. The number of anilines is 1. The van der Waals surface area contributed by atoms with Gasteiger partial charge < -0.3 is 24.6 Å². The second kappa shape index (κ2) is 13.9. The fourth-order valence-corrected chi connectivity index (χ4v) is 5.47. The molecular weight excluding hydrogens is 600 g/mol. The number of benzene rings is 3. The van der Waals surface area contributed by atoms with Crippen molar-refractivity contribution in [1.29, 1.82) is 0 Å². The number of rotatable bonds is 10. The quantitative estimate of drug-likeness (QED) is 0.260. The smallest absolute Gasteiger partial charge is 0.411 e. The third kappa shape index (κ3) is 9.18. The van der Waals surface area contributed by atoms with E-state index in [1.165, 1.54) is 29.2 Å². The SMILES string of the molecule is COC(=O)Nc1ccc(S(=O)(=O)c2ccc(CCN(C[C@@H](O)c3cccc(Cl)c3)C(=O)OC(C)(C)C)cc2)cc1C(=O)O. The van der Waals surface area contributed by atoms with Crippen LogP contribution in [-0.2, 0) is 25.7 Å². The van der Waals surface area contributed by atoms with Crippen LogP contribution in [0.15, 0.2) is 76.5 Å². The van der Waals surface area contributed by atoms with Gasteiger partial charge in [-0.2, -0.15) is 0 Å². The number of nitrogens with one attached hydrogen (secondary N) is 1. The molecule has 0 spiro atoms. The van der Waals surface area contributed by atoms with E-state index in [1.54, 1.807) is 57.2 Å². The number of hydrogen-bond donors (Lipinski definition) is 3. The number of carbonyl (C=O) groups is 3. The number of methoxy groups -OCH3 is 1. The van der Waals surface area contributed by atoms with Crippen molar-refractivity contribution in [3.05, 3.63) is 88.4 Å². The minimum absolute atomic E-state index is 0.0611. The minimum Gasteiger partial charge on any atom is -0.478 e. The molecule has 3 rings (SSSR count). The molecule has 1 atom stereocenters. The van der Waals surface area contributed by atoms with E-state index >= 15 is 0 Å². The van der Waals surface area contributed by atoms with Gasteiger partial charge in [-0.25, -0.2) is 22.8 Å². The molecule has 3 aromatic carbocycles. The number of hydrogen-bond acceptors (Lipinski definition) is 8. The van der Waals surface area contributed by atoms with Gasteiger partial charge in [0.1, 0.15) is 5.60 Å². The summed E-state index contributed by atoms with van der Waals surface area (Å²) in [4.78, 5) is 37.2. The normalized spacial score (nSPS) is 12.2. The van der Waals surface area contributed by atoms with Crippen LogP contribution in [0.2, 0.25) is 5.02 Å². The molecule has 0 bridgehead atoms. The Bertz CT molecular complexity index is 1590. The van der Waals surface area contributed by atoms with Crippen LogP contribution in [0, 0.1) is 0 Å². The van der Waals surface area contributed by atoms with Gasteiger partial charge >= 0.3 is 18.2 Å². The average molecular weight is 633 g/mol. The number of ether oxygens (including phenoxy) is 2. The summed E-state index contributed by atoms with van der Waals surface area (Å²) >= 11 is 6.05. The Labute approximate surface area is 254 Å². The lowest BCUT2D eigenvalue weighted by Gasteiger charge is -2.29. The average Bonchev–Trinajstić information content (AvgIpc) is 2.94. The van der Waals surface area contributed by atoms with Crippen LogP contribution >= 0.6 is 11.6 Å². The second-order valence-electron chi connectivity index (χ2n) is 10.5. The van der Waals surface area contributed by atoms with Crippen molar-refractivity contribution in [2.45, 2.75) is 48.7 Å². The molecule has 2 amide bonds. The van der Waals surface area contributed by atoms with Crippen molar-refractivity contribution in [2.75, 3.05) is 25.5 Å². The number of amides is 2. The molecule has 0 aliphatic carbocycles. The Morgan fingerprint density at radius 3 is 2.23 bits per heavy atom. The van der Waals surface area contributed by atoms with E-state index in [4.69, 9.17) is 16.3 Å². The zero-order chi connectivity index (χ0) is 31.9. The number of aliphatic hydroxyl groups excluding tert-OH is 1. The molecule has 0 aromatic heterocycles. The zero-order valence-corrected chi connectivity index (χ0v) is 25.6. The van der Waals surface area contributed by atoms with Gasteiger partial charge in [-0.1, -0.05) is 35.9 Å². The summed E-state index contributed by atoms with van der Waals surface area (Å²) in [6, 6.07) is 15.9. The van der Waals surface area contributed by atoms with Gasteiger partial charge in [-0.3, -0.25) is 5.32 Å². The summed E-state index contributed by atoms with van der Waals surface area (Å²) in [5.74, 6) is -1.44. The van der Waals surface area contributed by atoms with E-state index in [-0.39, 0.29) is 28.6 Å². The molecule has 0 saturated heterocycles. The Morgan fingerprint density at radius 2 is 1.65 bits per heavy atom. The Kier molecular flexibility index (Phi) is 10.8. The number of halogens is 1. The number of nitrogens with zero attached hydrogens (tertiary/aromatic N) is 1. The molecule has 11 nitrogen and oxygen atoms in total. The molecule has 0 fully saturated rings. The van der Waals surface area contributed by atoms with Crippen LogP contribution in [0.4, 0.5) is 15.3 Å². The summed E-state index contributed by atoms with van der Waals surface area (Å²) in [6.45, 7) is 5.30. The number of carboxylic acids is 1. The first-order valence-corrected chi connectivity index (χ1v) is 14.9. The highest BCUT2D eigenvalue weighted by atomic mass is 35.5. The fraction of sp³-hybridized carbons (Fsp3) is 0.300. The predicted molar refractivity (Wildman–Crippen MR) is 159 cm³/mol. The molecule has 3 N–H and O–H groups in total. The summed E-state index contributed by atoms with van der Waals surface area (Å²) in [5, 5.41) is 23.0. The van der Waals surface area contributed by atoms with E-state index in [0.29, 0.717) is 22.6 Å². The van der Waals surface area contributed by atoms with Crippen LogP contribution in [0.3, 0.4) is 0 Å². The van der Waals surface area contributed by atoms with Gasteiger partial charge in [0.25, 0.3) is 0 Å². The largest absolute Gasteiger partial charge is 0.478 e. The molecule has 0 heterocycles. The fourth-order valence-electron chi connectivity index (χ4n) is 3.98. The number of sulfone groups is 1. The highest BCUT2D eigenvalue weighted by molar-refractivity contribution is 7.91. The van der Waals surface area contributed by atoms with Gasteiger partial charge in [-0.05, 0) is 80.8 Å².